The lowest BCUT2D eigenvalue weighted by Gasteiger charge is -2.44. The summed E-state index contributed by atoms with van der Waals surface area (Å²) in [4.78, 5) is 0. The van der Waals surface area contributed by atoms with Gasteiger partial charge in [-0.15, -0.1) is 0 Å². The van der Waals surface area contributed by atoms with Gasteiger partial charge in [-0.25, -0.2) is 4.39 Å². The summed E-state index contributed by atoms with van der Waals surface area (Å²) >= 11 is 0. The fourth-order valence-electron chi connectivity index (χ4n) is 3.02. The third-order valence-corrected chi connectivity index (χ3v) is 3.85. The summed E-state index contributed by atoms with van der Waals surface area (Å²) < 4.78 is 24.8. The first-order chi connectivity index (χ1) is 8.58. The van der Waals surface area contributed by atoms with Gasteiger partial charge in [-0.1, -0.05) is 0 Å². The monoisotopic (exact) mass is 252 g/mol. The van der Waals surface area contributed by atoms with E-state index < -0.39 is 11.7 Å². The highest BCUT2D eigenvalue weighted by Crippen LogP contribution is 2.45. The maximum Gasteiger partial charge on any atom is 0.128 e. The summed E-state index contributed by atoms with van der Waals surface area (Å²) in [5, 5.41) is 10.2. The van der Waals surface area contributed by atoms with Crippen molar-refractivity contribution in [2.45, 2.75) is 44.0 Å². The number of hydrogen-bond acceptors (Lipinski definition) is 3. The molecular weight excluding hydrogens is 235 g/mol. The van der Waals surface area contributed by atoms with Crippen LogP contribution >= 0.6 is 0 Å². The SMILES string of the molecule is CC1CC2(CCO1)C[C@@H](O)c1ccc(F)cc1O2. The highest BCUT2D eigenvalue weighted by Gasteiger charge is 2.43. The summed E-state index contributed by atoms with van der Waals surface area (Å²) in [6.07, 6.45) is 1.56. The predicted molar refractivity (Wildman–Crippen MR) is 64.0 cm³/mol. The summed E-state index contributed by atoms with van der Waals surface area (Å²) in [6, 6.07) is 4.32. The smallest absolute Gasteiger partial charge is 0.128 e. The zero-order valence-corrected chi connectivity index (χ0v) is 10.4. The van der Waals surface area contributed by atoms with E-state index in [0.717, 1.165) is 12.8 Å². The molecular formula is C14H17FO3. The van der Waals surface area contributed by atoms with E-state index in [1.54, 1.807) is 6.07 Å². The van der Waals surface area contributed by atoms with Crippen molar-refractivity contribution in [1.29, 1.82) is 0 Å². The Morgan fingerprint density at radius 1 is 1.39 bits per heavy atom. The first-order valence-electron chi connectivity index (χ1n) is 6.36. The van der Waals surface area contributed by atoms with Crippen LogP contribution in [0.5, 0.6) is 5.75 Å². The summed E-state index contributed by atoms with van der Waals surface area (Å²) in [6.45, 7) is 2.62. The fourth-order valence-corrected chi connectivity index (χ4v) is 3.02. The van der Waals surface area contributed by atoms with Gasteiger partial charge in [0.05, 0.1) is 18.8 Å². The summed E-state index contributed by atoms with van der Waals surface area (Å²) in [7, 11) is 0. The van der Waals surface area contributed by atoms with Crippen molar-refractivity contribution in [1.82, 2.24) is 0 Å². The molecule has 3 rings (SSSR count). The second-order valence-corrected chi connectivity index (χ2v) is 5.32. The molecule has 18 heavy (non-hydrogen) atoms. The first-order valence-corrected chi connectivity index (χ1v) is 6.36. The zero-order valence-electron chi connectivity index (χ0n) is 10.4. The molecule has 1 aromatic carbocycles. The van der Waals surface area contributed by atoms with Gasteiger partial charge in [0.15, 0.2) is 0 Å². The first kappa shape index (κ1) is 11.9. The molecule has 4 heteroatoms. The Balaban J connectivity index is 1.94. The number of aliphatic hydroxyl groups is 1. The topological polar surface area (TPSA) is 38.7 Å². The molecule has 3 atom stereocenters. The van der Waals surface area contributed by atoms with Crippen LogP contribution in [0.25, 0.3) is 0 Å². The molecule has 0 radical (unpaired) electrons. The Hall–Kier alpha value is -1.13. The van der Waals surface area contributed by atoms with Crippen LogP contribution in [0.15, 0.2) is 18.2 Å². The summed E-state index contributed by atoms with van der Waals surface area (Å²) in [5.74, 6) is 0.140. The normalized spacial score (nSPS) is 35.1. The second kappa shape index (κ2) is 4.21. The lowest BCUT2D eigenvalue weighted by Crippen LogP contribution is -2.47. The lowest BCUT2D eigenvalue weighted by molar-refractivity contribution is -0.111. The third-order valence-electron chi connectivity index (χ3n) is 3.85. The number of halogens is 1. The van der Waals surface area contributed by atoms with Crippen LogP contribution in [0.3, 0.4) is 0 Å². The van der Waals surface area contributed by atoms with Crippen LogP contribution in [0, 0.1) is 5.82 Å². The van der Waals surface area contributed by atoms with Gasteiger partial charge in [0, 0.05) is 30.9 Å². The standard InChI is InChI=1S/C14H17FO3/c1-9-7-14(4-5-17-9)8-12(16)11-3-2-10(15)6-13(11)18-14/h2-3,6,9,12,16H,4-5,7-8H2,1H3/t9?,12-,14?/m1/s1. The van der Waals surface area contributed by atoms with E-state index in [1.165, 1.54) is 12.1 Å². The number of aliphatic hydroxyl groups excluding tert-OH is 1. The average molecular weight is 252 g/mol. The molecule has 98 valence electrons. The molecule has 2 aliphatic heterocycles. The fraction of sp³-hybridized carbons (Fsp3) is 0.571. The van der Waals surface area contributed by atoms with Gasteiger partial charge in [0.25, 0.3) is 0 Å². The number of ether oxygens (including phenoxy) is 2. The molecule has 1 fully saturated rings. The predicted octanol–water partition coefficient (Wildman–Crippen LogP) is 2.58. The van der Waals surface area contributed by atoms with Gasteiger partial charge in [-0.05, 0) is 19.1 Å². The number of hydrogen-bond donors (Lipinski definition) is 1. The maximum atomic E-state index is 13.3. The number of fused-ring (bicyclic) bond motifs is 1. The van der Waals surface area contributed by atoms with Gasteiger partial charge in [0.1, 0.15) is 17.2 Å². The van der Waals surface area contributed by atoms with Gasteiger partial charge in [-0.3, -0.25) is 0 Å². The van der Waals surface area contributed by atoms with Crippen molar-refractivity contribution in [2.24, 2.45) is 0 Å². The van der Waals surface area contributed by atoms with Crippen LogP contribution < -0.4 is 4.74 Å². The van der Waals surface area contributed by atoms with Gasteiger partial charge in [0.2, 0.25) is 0 Å². The van der Waals surface area contributed by atoms with Crippen molar-refractivity contribution < 1.29 is 19.0 Å². The highest BCUT2D eigenvalue weighted by atomic mass is 19.1. The molecule has 0 aliphatic carbocycles. The van der Waals surface area contributed by atoms with E-state index in [1.807, 2.05) is 6.92 Å². The Morgan fingerprint density at radius 3 is 3.00 bits per heavy atom. The van der Waals surface area contributed by atoms with Crippen molar-refractivity contribution in [3.8, 4) is 5.75 Å². The van der Waals surface area contributed by atoms with E-state index in [2.05, 4.69) is 0 Å². The molecule has 3 nitrogen and oxygen atoms in total. The average Bonchev–Trinajstić information content (AvgIpc) is 2.27. The Labute approximate surface area is 106 Å². The molecule has 1 saturated heterocycles. The van der Waals surface area contributed by atoms with Crippen molar-refractivity contribution in [2.75, 3.05) is 6.61 Å². The van der Waals surface area contributed by atoms with Gasteiger partial charge in [-0.2, -0.15) is 0 Å². The summed E-state index contributed by atoms with van der Waals surface area (Å²) in [5.41, 5.74) is 0.277. The van der Waals surface area contributed by atoms with Crippen LogP contribution in [-0.2, 0) is 4.74 Å². The Kier molecular flexibility index (Phi) is 2.79. The Morgan fingerprint density at radius 2 is 2.22 bits per heavy atom. The molecule has 0 bridgehead atoms. The molecule has 2 unspecified atom stereocenters. The molecule has 0 amide bonds. The third kappa shape index (κ3) is 1.99. The number of benzene rings is 1. The highest BCUT2D eigenvalue weighted by molar-refractivity contribution is 5.38. The van der Waals surface area contributed by atoms with Crippen LogP contribution in [-0.4, -0.2) is 23.4 Å². The van der Waals surface area contributed by atoms with Gasteiger partial charge < -0.3 is 14.6 Å². The van der Waals surface area contributed by atoms with Crippen molar-refractivity contribution in [3.63, 3.8) is 0 Å². The maximum absolute atomic E-state index is 13.3. The van der Waals surface area contributed by atoms with Crippen LogP contribution in [0.2, 0.25) is 0 Å². The second-order valence-electron chi connectivity index (χ2n) is 5.32. The Bertz CT molecular complexity index is 462. The van der Waals surface area contributed by atoms with E-state index in [4.69, 9.17) is 9.47 Å². The molecule has 1 aromatic rings. The minimum absolute atomic E-state index is 0.112. The molecule has 2 heterocycles. The minimum atomic E-state index is -0.584. The van der Waals surface area contributed by atoms with E-state index in [0.29, 0.717) is 24.3 Å². The van der Waals surface area contributed by atoms with Crippen molar-refractivity contribution in [3.05, 3.63) is 29.6 Å². The van der Waals surface area contributed by atoms with E-state index in [9.17, 15) is 9.50 Å². The zero-order chi connectivity index (χ0) is 12.8. The molecule has 1 spiro atoms. The van der Waals surface area contributed by atoms with E-state index in [-0.39, 0.29) is 11.9 Å². The van der Waals surface area contributed by atoms with Crippen molar-refractivity contribution >= 4 is 0 Å². The molecule has 0 saturated carbocycles. The van der Waals surface area contributed by atoms with Crippen LogP contribution in [0.4, 0.5) is 4.39 Å². The molecule has 0 aromatic heterocycles. The van der Waals surface area contributed by atoms with Crippen LogP contribution in [0.1, 0.15) is 37.9 Å². The minimum Gasteiger partial charge on any atom is -0.486 e. The quantitative estimate of drug-likeness (QED) is 0.771. The molecule has 2 aliphatic rings. The lowest BCUT2D eigenvalue weighted by atomic mass is 9.81. The van der Waals surface area contributed by atoms with Gasteiger partial charge >= 0.3 is 0 Å². The molecule has 1 N–H and O–H groups in total. The largest absolute Gasteiger partial charge is 0.486 e. The van der Waals surface area contributed by atoms with E-state index >= 15 is 0 Å². The number of rotatable bonds is 0.